The second-order valence-corrected chi connectivity index (χ2v) is 17.3. The Morgan fingerprint density at radius 1 is 0.957 bits per heavy atom. The molecule has 6 N–H and O–H groups in total. The monoisotopic (exact) mass is 973 g/mol. The first kappa shape index (κ1) is 49.6. The molecule has 374 valence electrons. The van der Waals surface area contributed by atoms with Gasteiger partial charge in [0, 0.05) is 93.1 Å². The van der Waals surface area contributed by atoms with E-state index in [2.05, 4.69) is 31.8 Å². The van der Waals surface area contributed by atoms with Gasteiger partial charge in [-0.15, -0.1) is 0 Å². The van der Waals surface area contributed by atoms with Gasteiger partial charge in [-0.3, -0.25) is 54.6 Å². The number of nitrogens with zero attached hydrogens (tertiary/aromatic N) is 5. The highest BCUT2D eigenvalue weighted by Gasteiger charge is 2.46. The lowest BCUT2D eigenvalue weighted by molar-refractivity contribution is -0.136. The molecule has 1 unspecified atom stereocenters. The third-order valence-electron chi connectivity index (χ3n) is 12.8. The Morgan fingerprint density at radius 3 is 2.51 bits per heavy atom. The number of carbonyl (C=O) groups excluding carboxylic acids is 6. The van der Waals surface area contributed by atoms with Gasteiger partial charge in [-0.1, -0.05) is 6.07 Å². The Labute approximate surface area is 402 Å². The number of anilines is 2. The molecule has 0 spiro atoms. The molecule has 3 aromatic rings. The lowest BCUT2D eigenvalue weighted by atomic mass is 9.92. The molecule has 0 bridgehead atoms. The van der Waals surface area contributed by atoms with Gasteiger partial charge in [-0.2, -0.15) is 5.10 Å². The maximum atomic E-state index is 14.9. The van der Waals surface area contributed by atoms with Crippen LogP contribution < -0.4 is 31.6 Å². The van der Waals surface area contributed by atoms with E-state index in [1.54, 1.807) is 41.2 Å². The van der Waals surface area contributed by atoms with Gasteiger partial charge in [-0.25, -0.2) is 13.6 Å². The number of imide groups is 2. The first-order valence-corrected chi connectivity index (χ1v) is 23.4. The van der Waals surface area contributed by atoms with Crippen molar-refractivity contribution in [2.24, 2.45) is 0 Å². The molecule has 1 aromatic heterocycles. The minimum absolute atomic E-state index is 0.0144. The van der Waals surface area contributed by atoms with Crippen molar-refractivity contribution in [1.29, 1.82) is 5.41 Å². The summed E-state index contributed by atoms with van der Waals surface area (Å²) in [5.74, 6) is -2.64. The van der Waals surface area contributed by atoms with Gasteiger partial charge in [0.15, 0.2) is 0 Å². The van der Waals surface area contributed by atoms with Crippen LogP contribution in [-0.4, -0.2) is 153 Å². The molecule has 2 fully saturated rings. The van der Waals surface area contributed by atoms with Crippen LogP contribution in [0.1, 0.15) is 76.8 Å². The van der Waals surface area contributed by atoms with Crippen LogP contribution in [0, 0.1) is 5.41 Å². The van der Waals surface area contributed by atoms with Gasteiger partial charge in [0.2, 0.25) is 17.7 Å². The molecule has 7 amide bonds. The van der Waals surface area contributed by atoms with Gasteiger partial charge >= 0.3 is 6.03 Å². The van der Waals surface area contributed by atoms with Crippen molar-refractivity contribution in [2.75, 3.05) is 89.9 Å². The predicted octanol–water partition coefficient (Wildman–Crippen LogP) is 2.88. The van der Waals surface area contributed by atoms with E-state index < -0.39 is 36.1 Å². The predicted molar refractivity (Wildman–Crippen MR) is 248 cm³/mol. The summed E-state index contributed by atoms with van der Waals surface area (Å²) in [5, 5.41) is 25.0. The van der Waals surface area contributed by atoms with Crippen LogP contribution in [0.15, 0.2) is 54.0 Å². The number of halogens is 2. The summed E-state index contributed by atoms with van der Waals surface area (Å²) in [4.78, 5) is 85.5. The van der Waals surface area contributed by atoms with Gasteiger partial charge < -0.3 is 40.0 Å². The fourth-order valence-corrected chi connectivity index (χ4v) is 9.24. The molecule has 0 aliphatic carbocycles. The number of amides is 7. The van der Waals surface area contributed by atoms with E-state index in [-0.39, 0.29) is 112 Å². The van der Waals surface area contributed by atoms with Crippen molar-refractivity contribution in [3.63, 3.8) is 0 Å². The summed E-state index contributed by atoms with van der Waals surface area (Å²) in [6.45, 7) is 3.32. The number of urea groups is 1. The largest absolute Gasteiger partial charge is 0.385 e. The fourth-order valence-electron chi connectivity index (χ4n) is 9.24. The molecular formula is C47H57F2N11O10. The van der Waals surface area contributed by atoms with Gasteiger partial charge in [0.25, 0.3) is 18.2 Å². The molecule has 2 saturated heterocycles. The van der Waals surface area contributed by atoms with Crippen molar-refractivity contribution in [2.45, 2.75) is 70.0 Å². The molecule has 23 heteroatoms. The Balaban J connectivity index is 0.774. The van der Waals surface area contributed by atoms with Crippen LogP contribution >= 0.6 is 0 Å². The number of carbonyl (C=O) groups is 6. The molecular weight excluding hydrogens is 917 g/mol. The number of fused-ring (bicyclic) bond motifs is 2. The Bertz CT molecular complexity index is 2530. The smallest absolute Gasteiger partial charge is 0.317 e. The Morgan fingerprint density at radius 2 is 1.74 bits per heavy atom. The van der Waals surface area contributed by atoms with Gasteiger partial charge in [0.1, 0.15) is 18.4 Å². The molecule has 1 atom stereocenters. The summed E-state index contributed by atoms with van der Waals surface area (Å²) in [6.07, 6.45) is 3.71. The summed E-state index contributed by atoms with van der Waals surface area (Å²) in [5.41, 5.74) is 6.49. The average Bonchev–Trinajstić information content (AvgIpc) is 3.93. The summed E-state index contributed by atoms with van der Waals surface area (Å²) < 4.78 is 47.8. The second-order valence-electron chi connectivity index (χ2n) is 17.3. The quantitative estimate of drug-likeness (QED) is 0.0333. The highest BCUT2D eigenvalue weighted by Crippen LogP contribution is 2.40. The SMILES string of the molecule is CNC(=O)N1CCC(NC2CCOCC2)=C(C(=N)N2CCCc3cc(-c4cnn(CC(=O)NCCOCCOCCONc5cccc6c5C(=O)N(C5CCC(=O)NC5=O)C6=O)c4)c(C(F)F)cc32)C1. The number of benzene rings is 2. The Kier molecular flexibility index (Phi) is 16.1. The molecule has 5 aliphatic heterocycles. The van der Waals surface area contributed by atoms with E-state index in [1.807, 2.05) is 0 Å². The zero-order valence-corrected chi connectivity index (χ0v) is 38.8. The van der Waals surface area contributed by atoms with Crippen LogP contribution in [0.25, 0.3) is 11.1 Å². The van der Waals surface area contributed by atoms with E-state index >= 15 is 0 Å². The van der Waals surface area contributed by atoms with Crippen molar-refractivity contribution >= 4 is 52.8 Å². The number of aryl methyl sites for hydroxylation is 1. The molecule has 5 aliphatic rings. The third kappa shape index (κ3) is 11.3. The van der Waals surface area contributed by atoms with Crippen LogP contribution in [-0.2, 0) is 46.4 Å². The summed E-state index contributed by atoms with van der Waals surface area (Å²) in [7, 11) is 1.57. The number of hydrogen-bond donors (Lipinski definition) is 6. The zero-order valence-electron chi connectivity index (χ0n) is 38.8. The van der Waals surface area contributed by atoms with E-state index in [4.69, 9.17) is 19.0 Å². The minimum atomic E-state index is -2.84. The number of alkyl halides is 2. The van der Waals surface area contributed by atoms with Crippen LogP contribution in [0.2, 0.25) is 0 Å². The minimum Gasteiger partial charge on any atom is -0.385 e. The summed E-state index contributed by atoms with van der Waals surface area (Å²) in [6, 6.07) is 6.65. The van der Waals surface area contributed by atoms with Crippen LogP contribution in [0.4, 0.5) is 25.0 Å². The number of hydrogen-bond acceptors (Lipinski definition) is 14. The number of rotatable bonds is 19. The average molecular weight is 974 g/mol. The molecule has 0 radical (unpaired) electrons. The molecule has 70 heavy (non-hydrogen) atoms. The summed E-state index contributed by atoms with van der Waals surface area (Å²) >= 11 is 0. The van der Waals surface area contributed by atoms with Crippen molar-refractivity contribution in [3.8, 4) is 11.1 Å². The number of piperidine rings is 1. The molecule has 2 aromatic carbocycles. The fraction of sp³-hybridized carbons (Fsp3) is 0.489. The number of nitrogens with one attached hydrogen (secondary N) is 6. The highest BCUT2D eigenvalue weighted by atomic mass is 19.3. The highest BCUT2D eigenvalue weighted by molar-refractivity contribution is 6.25. The van der Waals surface area contributed by atoms with Crippen molar-refractivity contribution in [3.05, 3.63) is 76.2 Å². The molecule has 6 heterocycles. The lowest BCUT2D eigenvalue weighted by Crippen LogP contribution is -2.54. The molecule has 21 nitrogen and oxygen atoms in total. The maximum absolute atomic E-state index is 14.9. The number of amidine groups is 1. The Hall–Kier alpha value is -6.82. The number of aromatic nitrogens is 2. The standard InChI is InChI=1S/C47H57F2N11O10/c1-51-47(66)57-14-9-35(54-30-10-15-67-16-11-30)34(26-57)43(50)59-13-3-4-28-22-32(33(42(48)49)23-38(28)59)29-24-53-58(25-29)27-40(62)52-12-17-68-18-19-69-20-21-70-56-36-6-2-5-31-41(36)46(65)60(45(31)64)37-7-8-39(61)55-44(37)63/h2,5-6,22-25,30,37,42,50,54,56H,3-4,7-21,26-27H2,1H3,(H,51,66)(H,52,62)(H,55,61,63). The lowest BCUT2D eigenvalue weighted by Gasteiger charge is -2.38. The van der Waals surface area contributed by atoms with Crippen LogP contribution in [0.3, 0.4) is 0 Å². The van der Waals surface area contributed by atoms with E-state index in [9.17, 15) is 43.0 Å². The van der Waals surface area contributed by atoms with Gasteiger partial charge in [-0.05, 0) is 67.5 Å². The zero-order chi connectivity index (χ0) is 49.3. The van der Waals surface area contributed by atoms with Crippen LogP contribution in [0.5, 0.6) is 0 Å². The van der Waals surface area contributed by atoms with Crippen molar-refractivity contribution in [1.82, 2.24) is 40.8 Å². The third-order valence-corrected chi connectivity index (χ3v) is 12.8. The van der Waals surface area contributed by atoms with Gasteiger partial charge in [0.05, 0.1) is 62.6 Å². The maximum Gasteiger partial charge on any atom is 0.317 e. The first-order valence-electron chi connectivity index (χ1n) is 23.4. The van der Waals surface area contributed by atoms with E-state index in [0.717, 1.165) is 29.0 Å². The first-order chi connectivity index (χ1) is 33.9. The van der Waals surface area contributed by atoms with Crippen molar-refractivity contribution < 1.29 is 56.6 Å². The second kappa shape index (κ2) is 22.7. The topological polar surface area (TPSA) is 251 Å². The number of ether oxygens (including phenoxy) is 3. The van der Waals surface area contributed by atoms with E-state index in [1.165, 1.54) is 23.0 Å². The normalized spacial score (nSPS) is 18.5. The molecule has 8 rings (SSSR count). The van der Waals surface area contributed by atoms with E-state index in [0.29, 0.717) is 68.0 Å². The molecule has 0 saturated carbocycles.